The van der Waals surface area contributed by atoms with Crippen molar-refractivity contribution in [3.05, 3.63) is 24.5 Å². The maximum absolute atomic E-state index is 11.8. The highest BCUT2D eigenvalue weighted by atomic mass is 32.2. The Bertz CT molecular complexity index is 538. The van der Waals surface area contributed by atoms with E-state index in [1.165, 1.54) is 24.5 Å². The molecule has 0 aliphatic carbocycles. The summed E-state index contributed by atoms with van der Waals surface area (Å²) >= 11 is 0. The zero-order valence-electron chi connectivity index (χ0n) is 11.6. The molecule has 112 valence electrons. The lowest BCUT2D eigenvalue weighted by Crippen LogP contribution is -2.45. The highest BCUT2D eigenvalue weighted by Gasteiger charge is 2.15. The molecule has 0 fully saturated rings. The summed E-state index contributed by atoms with van der Waals surface area (Å²) in [5.74, 6) is -0.252. The fraction of sp³-hybridized carbons (Fsp3) is 0.500. The van der Waals surface area contributed by atoms with Crippen LogP contribution < -0.4 is 15.8 Å². The molecule has 7 nitrogen and oxygen atoms in total. The van der Waals surface area contributed by atoms with Crippen molar-refractivity contribution in [3.63, 3.8) is 0 Å². The molecule has 0 aliphatic heterocycles. The van der Waals surface area contributed by atoms with E-state index in [2.05, 4.69) is 15.0 Å². The zero-order chi connectivity index (χ0) is 15.2. The predicted octanol–water partition coefficient (Wildman–Crippen LogP) is -0.396. The number of nitrogens with one attached hydrogen (secondary N) is 2. The fourth-order valence-corrected chi connectivity index (χ4v) is 2.30. The van der Waals surface area contributed by atoms with Crippen LogP contribution in [-0.2, 0) is 14.8 Å². The summed E-state index contributed by atoms with van der Waals surface area (Å²) in [5, 5.41) is 2.64. The lowest BCUT2D eigenvalue weighted by atomic mass is 10.1. The number of carbonyl (C=O) groups excluding carboxylic acids is 1. The molecule has 0 atom stereocenters. The van der Waals surface area contributed by atoms with Crippen molar-refractivity contribution in [1.29, 1.82) is 0 Å². The third-order valence-electron chi connectivity index (χ3n) is 2.33. The summed E-state index contributed by atoms with van der Waals surface area (Å²) in [4.78, 5) is 15.3. The average molecular weight is 300 g/mol. The second-order valence-corrected chi connectivity index (χ2v) is 6.87. The number of nitrogens with two attached hydrogens (primary N) is 1. The largest absolute Gasteiger partial charge is 0.354 e. The van der Waals surface area contributed by atoms with Gasteiger partial charge in [-0.2, -0.15) is 0 Å². The molecule has 0 saturated carbocycles. The molecule has 0 aromatic carbocycles. The Kier molecular flexibility index (Phi) is 5.61. The van der Waals surface area contributed by atoms with E-state index >= 15 is 0 Å². The van der Waals surface area contributed by atoms with E-state index in [-0.39, 0.29) is 23.8 Å². The van der Waals surface area contributed by atoms with Gasteiger partial charge in [0.05, 0.1) is 0 Å². The Balaban J connectivity index is 2.39. The van der Waals surface area contributed by atoms with Crippen molar-refractivity contribution in [3.8, 4) is 0 Å². The third-order valence-corrected chi connectivity index (χ3v) is 3.78. The Hall–Kier alpha value is -1.51. The van der Waals surface area contributed by atoms with Crippen molar-refractivity contribution in [2.75, 3.05) is 13.1 Å². The first-order chi connectivity index (χ1) is 9.21. The van der Waals surface area contributed by atoms with Gasteiger partial charge in [0.15, 0.2) is 0 Å². The van der Waals surface area contributed by atoms with E-state index in [9.17, 15) is 13.2 Å². The molecule has 0 unspecified atom stereocenters. The molecule has 1 rings (SSSR count). The van der Waals surface area contributed by atoms with Crippen LogP contribution in [0.1, 0.15) is 20.3 Å². The lowest BCUT2D eigenvalue weighted by molar-refractivity contribution is -0.121. The van der Waals surface area contributed by atoms with Crippen LogP contribution in [0, 0.1) is 0 Å². The third kappa shape index (κ3) is 6.09. The number of hydrogen-bond acceptors (Lipinski definition) is 5. The van der Waals surface area contributed by atoms with Crippen LogP contribution in [-0.4, -0.2) is 37.9 Å². The molecule has 0 aliphatic rings. The SMILES string of the molecule is CC(C)(N)CNC(=O)CCNS(=O)(=O)c1cccnc1. The Morgan fingerprint density at radius 1 is 1.45 bits per heavy atom. The van der Waals surface area contributed by atoms with Crippen LogP contribution in [0.5, 0.6) is 0 Å². The maximum atomic E-state index is 11.8. The molecule has 20 heavy (non-hydrogen) atoms. The Labute approximate surface area is 119 Å². The van der Waals surface area contributed by atoms with Crippen LogP contribution in [0.2, 0.25) is 0 Å². The number of hydrogen-bond donors (Lipinski definition) is 3. The van der Waals surface area contributed by atoms with Gasteiger partial charge in [-0.15, -0.1) is 0 Å². The molecular weight excluding hydrogens is 280 g/mol. The molecule has 4 N–H and O–H groups in total. The molecule has 8 heteroatoms. The maximum Gasteiger partial charge on any atom is 0.242 e. The number of amides is 1. The number of pyridine rings is 1. The van der Waals surface area contributed by atoms with Crippen molar-refractivity contribution in [2.24, 2.45) is 5.73 Å². The lowest BCUT2D eigenvalue weighted by Gasteiger charge is -2.18. The number of aromatic nitrogens is 1. The summed E-state index contributed by atoms with van der Waals surface area (Å²) in [6.45, 7) is 3.94. The van der Waals surface area contributed by atoms with Gasteiger partial charge in [0, 0.05) is 37.4 Å². The quantitative estimate of drug-likeness (QED) is 0.634. The van der Waals surface area contributed by atoms with Gasteiger partial charge in [-0.3, -0.25) is 9.78 Å². The van der Waals surface area contributed by atoms with Crippen molar-refractivity contribution < 1.29 is 13.2 Å². The summed E-state index contributed by atoms with van der Waals surface area (Å²) in [6, 6.07) is 2.97. The number of nitrogens with zero attached hydrogens (tertiary/aromatic N) is 1. The van der Waals surface area contributed by atoms with Crippen molar-refractivity contribution in [2.45, 2.75) is 30.7 Å². The van der Waals surface area contributed by atoms with Crippen LogP contribution >= 0.6 is 0 Å². The summed E-state index contributed by atoms with van der Waals surface area (Å²) in [6.07, 6.45) is 2.79. The van der Waals surface area contributed by atoms with Crippen LogP contribution in [0.4, 0.5) is 0 Å². The molecule has 1 heterocycles. The van der Waals surface area contributed by atoms with Crippen LogP contribution in [0.15, 0.2) is 29.4 Å². The molecule has 0 saturated heterocycles. The normalized spacial score (nSPS) is 12.2. The van der Waals surface area contributed by atoms with Gasteiger partial charge in [-0.1, -0.05) is 0 Å². The van der Waals surface area contributed by atoms with Crippen LogP contribution in [0.3, 0.4) is 0 Å². The van der Waals surface area contributed by atoms with Crippen molar-refractivity contribution >= 4 is 15.9 Å². The summed E-state index contributed by atoms with van der Waals surface area (Å²) in [5.41, 5.74) is 5.23. The van der Waals surface area contributed by atoms with Gasteiger partial charge in [0.2, 0.25) is 15.9 Å². The second kappa shape index (κ2) is 6.78. The molecule has 0 radical (unpaired) electrons. The van der Waals surface area contributed by atoms with E-state index in [0.717, 1.165) is 0 Å². The molecule has 1 aromatic heterocycles. The van der Waals surface area contributed by atoms with Crippen molar-refractivity contribution in [1.82, 2.24) is 15.0 Å². The van der Waals surface area contributed by atoms with Gasteiger partial charge >= 0.3 is 0 Å². The molecule has 1 aromatic rings. The van der Waals surface area contributed by atoms with E-state index in [4.69, 9.17) is 5.73 Å². The predicted molar refractivity (Wildman–Crippen MR) is 75.3 cm³/mol. The number of carbonyl (C=O) groups is 1. The molecule has 0 spiro atoms. The first-order valence-corrected chi connectivity index (χ1v) is 7.64. The van der Waals surface area contributed by atoms with E-state index in [1.54, 1.807) is 13.8 Å². The minimum absolute atomic E-state index is 0.0219. The number of sulfonamides is 1. The fourth-order valence-electron chi connectivity index (χ4n) is 1.30. The minimum Gasteiger partial charge on any atom is -0.354 e. The number of rotatable bonds is 7. The average Bonchev–Trinajstić information content (AvgIpc) is 2.36. The Morgan fingerprint density at radius 2 is 2.15 bits per heavy atom. The molecule has 1 amide bonds. The van der Waals surface area contributed by atoms with Gasteiger partial charge in [-0.05, 0) is 26.0 Å². The van der Waals surface area contributed by atoms with E-state index in [0.29, 0.717) is 6.54 Å². The van der Waals surface area contributed by atoms with E-state index in [1.807, 2.05) is 0 Å². The standard InChI is InChI=1S/C12H20N4O3S/c1-12(2,13)9-15-11(17)5-7-16-20(18,19)10-4-3-6-14-8-10/h3-4,6,8,16H,5,7,9,13H2,1-2H3,(H,15,17). The smallest absolute Gasteiger partial charge is 0.242 e. The van der Waals surface area contributed by atoms with Gasteiger partial charge in [-0.25, -0.2) is 13.1 Å². The summed E-state index contributed by atoms with van der Waals surface area (Å²) in [7, 11) is -3.62. The van der Waals surface area contributed by atoms with Gasteiger partial charge in [0.25, 0.3) is 0 Å². The molecular formula is C12H20N4O3S. The van der Waals surface area contributed by atoms with Gasteiger partial charge < -0.3 is 11.1 Å². The first-order valence-electron chi connectivity index (χ1n) is 6.16. The minimum atomic E-state index is -3.62. The Morgan fingerprint density at radius 3 is 2.70 bits per heavy atom. The van der Waals surface area contributed by atoms with Crippen LogP contribution in [0.25, 0.3) is 0 Å². The monoisotopic (exact) mass is 300 g/mol. The highest BCUT2D eigenvalue weighted by molar-refractivity contribution is 7.89. The molecule has 0 bridgehead atoms. The first kappa shape index (κ1) is 16.5. The highest BCUT2D eigenvalue weighted by Crippen LogP contribution is 2.04. The second-order valence-electron chi connectivity index (χ2n) is 5.10. The van der Waals surface area contributed by atoms with Gasteiger partial charge in [0.1, 0.15) is 4.90 Å². The topological polar surface area (TPSA) is 114 Å². The summed E-state index contributed by atoms with van der Waals surface area (Å²) < 4.78 is 26.0. The van der Waals surface area contributed by atoms with E-state index < -0.39 is 15.6 Å². The zero-order valence-corrected chi connectivity index (χ0v) is 12.4.